The number of ether oxygens (including phenoxy) is 1. The number of hydrogen-bond donors (Lipinski definition) is 2. The van der Waals surface area contributed by atoms with Crippen LogP contribution in [0.2, 0.25) is 0 Å². The Balaban J connectivity index is 1.92. The van der Waals surface area contributed by atoms with Gasteiger partial charge in [-0.3, -0.25) is 0 Å². The van der Waals surface area contributed by atoms with Crippen LogP contribution in [0.3, 0.4) is 0 Å². The summed E-state index contributed by atoms with van der Waals surface area (Å²) in [5, 5.41) is 5.36. The smallest absolute Gasteiger partial charge is 0.319 e. The van der Waals surface area contributed by atoms with Gasteiger partial charge in [0.15, 0.2) is 9.84 Å². The first-order valence-electron chi connectivity index (χ1n) is 6.40. The molecule has 7 heteroatoms. The molecule has 0 spiro atoms. The van der Waals surface area contributed by atoms with Gasteiger partial charge in [0.25, 0.3) is 0 Å². The van der Waals surface area contributed by atoms with Crippen molar-refractivity contribution >= 4 is 21.6 Å². The Bertz CT molecular complexity index is 586. The van der Waals surface area contributed by atoms with Gasteiger partial charge in [-0.15, -0.1) is 0 Å². The van der Waals surface area contributed by atoms with Crippen LogP contribution in [-0.2, 0) is 9.84 Å². The summed E-state index contributed by atoms with van der Waals surface area (Å²) in [6, 6.07) is 6.24. The standard InChI is InChI=1S/C13H18N2O4S/c1-19-12-6-2-4-10(8-12)14-13(16)15-11-5-3-7-20(17,18)9-11/h2,4,6,8,11H,3,5,7,9H2,1H3,(H2,14,15,16)/t11-/m0/s1. The summed E-state index contributed by atoms with van der Waals surface area (Å²) in [6.07, 6.45) is 1.28. The maximum Gasteiger partial charge on any atom is 0.319 e. The second-order valence-corrected chi connectivity index (χ2v) is 7.01. The number of nitrogens with one attached hydrogen (secondary N) is 2. The van der Waals surface area contributed by atoms with Crippen molar-refractivity contribution < 1.29 is 17.9 Å². The second kappa shape index (κ2) is 6.13. The van der Waals surface area contributed by atoms with Crippen molar-refractivity contribution in [1.29, 1.82) is 0 Å². The molecule has 1 heterocycles. The SMILES string of the molecule is COc1cccc(NC(=O)N[C@H]2CCCS(=O)(=O)C2)c1. The lowest BCUT2D eigenvalue weighted by molar-refractivity contribution is 0.248. The summed E-state index contributed by atoms with van der Waals surface area (Å²) in [5.74, 6) is 0.865. The Labute approximate surface area is 118 Å². The molecule has 6 nitrogen and oxygen atoms in total. The van der Waals surface area contributed by atoms with Gasteiger partial charge in [-0.25, -0.2) is 13.2 Å². The number of benzene rings is 1. The van der Waals surface area contributed by atoms with Gasteiger partial charge in [-0.2, -0.15) is 0 Å². The highest BCUT2D eigenvalue weighted by atomic mass is 32.2. The van der Waals surface area contributed by atoms with E-state index in [1.165, 1.54) is 0 Å². The van der Waals surface area contributed by atoms with E-state index in [4.69, 9.17) is 4.74 Å². The molecule has 1 aromatic carbocycles. The fraction of sp³-hybridized carbons (Fsp3) is 0.462. The first-order valence-corrected chi connectivity index (χ1v) is 8.23. The van der Waals surface area contributed by atoms with E-state index >= 15 is 0 Å². The minimum absolute atomic E-state index is 0.0124. The van der Waals surface area contributed by atoms with E-state index in [2.05, 4.69) is 10.6 Å². The van der Waals surface area contributed by atoms with Crippen molar-refractivity contribution in [2.24, 2.45) is 0 Å². The van der Waals surface area contributed by atoms with Crippen LogP contribution in [0.5, 0.6) is 5.75 Å². The number of sulfone groups is 1. The Hall–Kier alpha value is -1.76. The maximum absolute atomic E-state index is 11.8. The predicted molar refractivity (Wildman–Crippen MR) is 76.8 cm³/mol. The molecule has 1 atom stereocenters. The highest BCUT2D eigenvalue weighted by molar-refractivity contribution is 7.91. The third kappa shape index (κ3) is 4.12. The molecule has 0 aromatic heterocycles. The van der Waals surface area contributed by atoms with E-state index in [0.717, 1.165) is 0 Å². The molecule has 0 aliphatic carbocycles. The van der Waals surface area contributed by atoms with E-state index in [9.17, 15) is 13.2 Å². The zero-order chi connectivity index (χ0) is 14.6. The quantitative estimate of drug-likeness (QED) is 0.883. The van der Waals surface area contributed by atoms with Crippen LogP contribution in [0.1, 0.15) is 12.8 Å². The number of carbonyl (C=O) groups is 1. The third-order valence-corrected chi connectivity index (χ3v) is 4.95. The Morgan fingerprint density at radius 1 is 1.40 bits per heavy atom. The van der Waals surface area contributed by atoms with Gasteiger partial charge in [0.1, 0.15) is 5.75 Å². The lowest BCUT2D eigenvalue weighted by atomic mass is 10.2. The Kier molecular flexibility index (Phi) is 4.49. The molecular weight excluding hydrogens is 280 g/mol. The van der Waals surface area contributed by atoms with Crippen molar-refractivity contribution in [1.82, 2.24) is 5.32 Å². The summed E-state index contributed by atoms with van der Waals surface area (Å²) < 4.78 is 28.1. The molecule has 1 aliphatic rings. The molecule has 2 amide bonds. The van der Waals surface area contributed by atoms with Crippen LogP contribution >= 0.6 is 0 Å². The molecule has 2 N–H and O–H groups in total. The van der Waals surface area contributed by atoms with Gasteiger partial charge in [-0.1, -0.05) is 6.07 Å². The van der Waals surface area contributed by atoms with E-state index in [-0.39, 0.29) is 17.5 Å². The fourth-order valence-electron chi connectivity index (χ4n) is 2.19. The summed E-state index contributed by atoms with van der Waals surface area (Å²) in [5.41, 5.74) is 0.598. The lowest BCUT2D eigenvalue weighted by Gasteiger charge is -2.23. The highest BCUT2D eigenvalue weighted by Crippen LogP contribution is 2.17. The lowest BCUT2D eigenvalue weighted by Crippen LogP contribution is -2.44. The van der Waals surface area contributed by atoms with Gasteiger partial charge in [0.05, 0.1) is 18.6 Å². The molecule has 20 heavy (non-hydrogen) atoms. The summed E-state index contributed by atoms with van der Waals surface area (Å²) in [6.45, 7) is 0. The van der Waals surface area contributed by atoms with Crippen LogP contribution in [0.25, 0.3) is 0 Å². The summed E-state index contributed by atoms with van der Waals surface area (Å²) in [4.78, 5) is 11.8. The molecule has 1 aromatic rings. The monoisotopic (exact) mass is 298 g/mol. The van der Waals surface area contributed by atoms with Crippen molar-refractivity contribution in [3.63, 3.8) is 0 Å². The van der Waals surface area contributed by atoms with Crippen molar-refractivity contribution in [2.45, 2.75) is 18.9 Å². The van der Waals surface area contributed by atoms with Gasteiger partial charge in [0, 0.05) is 17.8 Å². The molecule has 0 unspecified atom stereocenters. The molecule has 1 saturated heterocycles. The summed E-state index contributed by atoms with van der Waals surface area (Å²) in [7, 11) is -1.48. The number of rotatable bonds is 3. The minimum Gasteiger partial charge on any atom is -0.497 e. The van der Waals surface area contributed by atoms with E-state index in [1.807, 2.05) is 0 Å². The van der Waals surface area contributed by atoms with Gasteiger partial charge in [0.2, 0.25) is 0 Å². The zero-order valence-electron chi connectivity index (χ0n) is 11.3. The number of carbonyl (C=O) groups excluding carboxylic acids is 1. The maximum atomic E-state index is 11.8. The topological polar surface area (TPSA) is 84.5 Å². The fourth-order valence-corrected chi connectivity index (χ4v) is 3.83. The highest BCUT2D eigenvalue weighted by Gasteiger charge is 2.25. The average molecular weight is 298 g/mol. The molecule has 0 bridgehead atoms. The van der Waals surface area contributed by atoms with Crippen LogP contribution in [0.15, 0.2) is 24.3 Å². The number of methoxy groups -OCH3 is 1. The molecule has 1 fully saturated rings. The number of urea groups is 1. The number of hydrogen-bond acceptors (Lipinski definition) is 4. The molecule has 2 rings (SSSR count). The van der Waals surface area contributed by atoms with Crippen molar-refractivity contribution in [3.8, 4) is 5.75 Å². The van der Waals surface area contributed by atoms with Crippen LogP contribution in [-0.4, -0.2) is 39.1 Å². The van der Waals surface area contributed by atoms with Crippen molar-refractivity contribution in [3.05, 3.63) is 24.3 Å². The zero-order valence-corrected chi connectivity index (χ0v) is 12.1. The Morgan fingerprint density at radius 3 is 2.90 bits per heavy atom. The van der Waals surface area contributed by atoms with E-state index in [0.29, 0.717) is 24.3 Å². The van der Waals surface area contributed by atoms with Crippen LogP contribution in [0, 0.1) is 0 Å². The molecule has 1 aliphatic heterocycles. The minimum atomic E-state index is -3.02. The largest absolute Gasteiger partial charge is 0.497 e. The third-order valence-electron chi connectivity index (χ3n) is 3.13. The molecule has 0 radical (unpaired) electrons. The van der Waals surface area contributed by atoms with Crippen LogP contribution < -0.4 is 15.4 Å². The molecule has 110 valence electrons. The Morgan fingerprint density at radius 2 is 2.20 bits per heavy atom. The molecular formula is C13H18N2O4S. The second-order valence-electron chi connectivity index (χ2n) is 4.78. The van der Waals surface area contributed by atoms with Gasteiger partial charge >= 0.3 is 6.03 Å². The molecule has 0 saturated carbocycles. The van der Waals surface area contributed by atoms with E-state index in [1.54, 1.807) is 31.4 Å². The summed E-state index contributed by atoms with van der Waals surface area (Å²) >= 11 is 0. The number of anilines is 1. The first kappa shape index (κ1) is 14.6. The van der Waals surface area contributed by atoms with Crippen molar-refractivity contribution in [2.75, 3.05) is 23.9 Å². The van der Waals surface area contributed by atoms with Gasteiger partial charge < -0.3 is 15.4 Å². The van der Waals surface area contributed by atoms with Gasteiger partial charge in [-0.05, 0) is 25.0 Å². The van der Waals surface area contributed by atoms with Crippen LogP contribution in [0.4, 0.5) is 10.5 Å². The van der Waals surface area contributed by atoms with E-state index < -0.39 is 15.9 Å². The normalized spacial score (nSPS) is 20.9. The number of amides is 2. The predicted octanol–water partition coefficient (Wildman–Crippen LogP) is 1.39. The first-order chi connectivity index (χ1) is 9.48. The average Bonchev–Trinajstić information content (AvgIpc) is 2.37.